The van der Waals surface area contributed by atoms with E-state index in [1.54, 1.807) is 0 Å². The van der Waals surface area contributed by atoms with Crippen molar-refractivity contribution in [2.75, 3.05) is 13.1 Å². The third-order valence-corrected chi connectivity index (χ3v) is 2.68. The van der Waals surface area contributed by atoms with Crippen molar-refractivity contribution < 1.29 is 0 Å². The van der Waals surface area contributed by atoms with E-state index < -0.39 is 0 Å². The van der Waals surface area contributed by atoms with Crippen molar-refractivity contribution in [2.24, 2.45) is 11.8 Å². The van der Waals surface area contributed by atoms with Gasteiger partial charge in [-0.15, -0.1) is 12.3 Å². The maximum atomic E-state index is 5.15. The van der Waals surface area contributed by atoms with Crippen LogP contribution in [0.25, 0.3) is 0 Å². The van der Waals surface area contributed by atoms with Crippen molar-refractivity contribution >= 4 is 0 Å². The third-order valence-electron chi connectivity index (χ3n) is 2.68. The summed E-state index contributed by atoms with van der Waals surface area (Å²) >= 11 is 0. The van der Waals surface area contributed by atoms with E-state index in [1.807, 2.05) is 0 Å². The second-order valence-electron chi connectivity index (χ2n) is 3.94. The minimum atomic E-state index is 0.863. The lowest BCUT2D eigenvalue weighted by molar-refractivity contribution is 0.474. The van der Waals surface area contributed by atoms with Gasteiger partial charge in [0.15, 0.2) is 0 Å². The Morgan fingerprint density at radius 3 is 2.92 bits per heavy atom. The first-order valence-electron chi connectivity index (χ1n) is 4.97. The number of rotatable bonds is 4. The van der Waals surface area contributed by atoms with Crippen LogP contribution in [0.2, 0.25) is 0 Å². The molecular formula is C11H19N. The largest absolute Gasteiger partial charge is 0.316 e. The van der Waals surface area contributed by atoms with Crippen LogP contribution in [0.5, 0.6) is 0 Å². The Balaban J connectivity index is 1.97. The normalized spacial score (nSPS) is 28.7. The van der Waals surface area contributed by atoms with E-state index in [0.29, 0.717) is 0 Å². The van der Waals surface area contributed by atoms with Crippen molar-refractivity contribution in [3.05, 3.63) is 0 Å². The van der Waals surface area contributed by atoms with E-state index in [2.05, 4.69) is 18.2 Å². The molecule has 0 amide bonds. The third kappa shape index (κ3) is 3.28. The molecule has 0 aliphatic heterocycles. The molecule has 0 spiro atoms. The van der Waals surface area contributed by atoms with Gasteiger partial charge in [-0.3, -0.25) is 0 Å². The van der Waals surface area contributed by atoms with Gasteiger partial charge in [0.1, 0.15) is 0 Å². The zero-order chi connectivity index (χ0) is 8.81. The molecular weight excluding hydrogens is 146 g/mol. The number of nitrogens with one attached hydrogen (secondary N) is 1. The Labute approximate surface area is 75.9 Å². The van der Waals surface area contributed by atoms with Gasteiger partial charge in [-0.25, -0.2) is 0 Å². The molecule has 1 aliphatic carbocycles. The second kappa shape index (κ2) is 5.22. The summed E-state index contributed by atoms with van der Waals surface area (Å²) in [5.74, 6) is 4.50. The van der Waals surface area contributed by atoms with Gasteiger partial charge in [-0.2, -0.15) is 0 Å². The smallest absolute Gasteiger partial charge is 0.0211 e. The molecule has 2 atom stereocenters. The van der Waals surface area contributed by atoms with E-state index in [0.717, 1.165) is 24.8 Å². The molecule has 68 valence electrons. The highest BCUT2D eigenvalue weighted by Crippen LogP contribution is 2.29. The summed E-state index contributed by atoms with van der Waals surface area (Å²) in [5.41, 5.74) is 0. The van der Waals surface area contributed by atoms with Gasteiger partial charge in [0.2, 0.25) is 0 Å². The Morgan fingerprint density at radius 1 is 1.50 bits per heavy atom. The molecule has 1 aliphatic rings. The van der Waals surface area contributed by atoms with Gasteiger partial charge in [-0.05, 0) is 31.2 Å². The topological polar surface area (TPSA) is 12.0 Å². The molecule has 0 bridgehead atoms. The molecule has 0 radical (unpaired) electrons. The van der Waals surface area contributed by atoms with Crippen molar-refractivity contribution in [3.63, 3.8) is 0 Å². The molecule has 0 heterocycles. The zero-order valence-electron chi connectivity index (χ0n) is 7.97. The van der Waals surface area contributed by atoms with Gasteiger partial charge < -0.3 is 5.32 Å². The minimum Gasteiger partial charge on any atom is -0.316 e. The summed E-state index contributed by atoms with van der Waals surface area (Å²) in [6.07, 6.45) is 10.2. The average Bonchev–Trinajstić information content (AvgIpc) is 2.45. The summed E-state index contributed by atoms with van der Waals surface area (Å²) in [6.45, 7) is 4.51. The number of hydrogen-bond acceptors (Lipinski definition) is 1. The molecule has 1 heteroatoms. The highest BCUT2D eigenvalue weighted by Gasteiger charge is 2.20. The summed E-state index contributed by atoms with van der Waals surface area (Å²) < 4.78 is 0. The van der Waals surface area contributed by atoms with E-state index in [9.17, 15) is 0 Å². The standard InChI is InChI=1S/C11H19N/c1-3-4-7-12-9-11-6-5-10(2)8-11/h1,10-12H,4-9H2,2H3. The van der Waals surface area contributed by atoms with Gasteiger partial charge >= 0.3 is 0 Å². The predicted molar refractivity (Wildman–Crippen MR) is 52.8 cm³/mol. The molecule has 0 saturated heterocycles. The summed E-state index contributed by atoms with van der Waals surface area (Å²) in [4.78, 5) is 0. The molecule has 2 unspecified atom stereocenters. The zero-order valence-corrected chi connectivity index (χ0v) is 7.97. The van der Waals surface area contributed by atoms with Crippen LogP contribution in [-0.2, 0) is 0 Å². The van der Waals surface area contributed by atoms with E-state index in [-0.39, 0.29) is 0 Å². The molecule has 1 rings (SSSR count). The highest BCUT2D eigenvalue weighted by atomic mass is 14.9. The van der Waals surface area contributed by atoms with Gasteiger partial charge in [0, 0.05) is 13.0 Å². The first-order valence-corrected chi connectivity index (χ1v) is 4.97. The molecule has 0 aromatic carbocycles. The van der Waals surface area contributed by atoms with E-state index in [1.165, 1.54) is 25.8 Å². The Hall–Kier alpha value is -0.480. The van der Waals surface area contributed by atoms with Gasteiger partial charge in [-0.1, -0.05) is 13.3 Å². The number of terminal acetylenes is 1. The lowest BCUT2D eigenvalue weighted by Crippen LogP contribution is -2.22. The Morgan fingerprint density at radius 2 is 2.33 bits per heavy atom. The molecule has 0 aromatic heterocycles. The maximum Gasteiger partial charge on any atom is 0.0211 e. The summed E-state index contributed by atoms with van der Waals surface area (Å²) in [6, 6.07) is 0. The van der Waals surface area contributed by atoms with Crippen molar-refractivity contribution in [1.82, 2.24) is 5.32 Å². The fourth-order valence-corrected chi connectivity index (χ4v) is 1.98. The Bertz CT molecular complexity index is 157. The fourth-order valence-electron chi connectivity index (χ4n) is 1.98. The van der Waals surface area contributed by atoms with Crippen LogP contribution in [0.15, 0.2) is 0 Å². The van der Waals surface area contributed by atoms with Crippen LogP contribution in [0.4, 0.5) is 0 Å². The fraction of sp³-hybridized carbons (Fsp3) is 0.818. The van der Waals surface area contributed by atoms with Crippen molar-refractivity contribution in [1.29, 1.82) is 0 Å². The first kappa shape index (κ1) is 9.61. The highest BCUT2D eigenvalue weighted by molar-refractivity contribution is 4.84. The summed E-state index contributed by atoms with van der Waals surface area (Å²) in [7, 11) is 0. The molecule has 1 N–H and O–H groups in total. The lowest BCUT2D eigenvalue weighted by atomic mass is 10.1. The van der Waals surface area contributed by atoms with Gasteiger partial charge in [0.05, 0.1) is 0 Å². The quantitative estimate of drug-likeness (QED) is 0.496. The second-order valence-corrected chi connectivity index (χ2v) is 3.94. The minimum absolute atomic E-state index is 0.863. The predicted octanol–water partition coefficient (Wildman–Crippen LogP) is 2.04. The van der Waals surface area contributed by atoms with Crippen LogP contribution in [0, 0.1) is 24.2 Å². The van der Waals surface area contributed by atoms with Gasteiger partial charge in [0.25, 0.3) is 0 Å². The monoisotopic (exact) mass is 165 g/mol. The molecule has 1 saturated carbocycles. The van der Waals surface area contributed by atoms with E-state index >= 15 is 0 Å². The molecule has 12 heavy (non-hydrogen) atoms. The lowest BCUT2D eigenvalue weighted by Gasteiger charge is -2.09. The summed E-state index contributed by atoms with van der Waals surface area (Å²) in [5, 5.41) is 3.41. The Kier molecular flexibility index (Phi) is 4.18. The first-order chi connectivity index (χ1) is 5.83. The van der Waals surface area contributed by atoms with Crippen LogP contribution < -0.4 is 5.32 Å². The SMILES string of the molecule is C#CCCNCC1CCC(C)C1. The van der Waals surface area contributed by atoms with Crippen LogP contribution in [0.3, 0.4) is 0 Å². The number of hydrogen-bond donors (Lipinski definition) is 1. The van der Waals surface area contributed by atoms with Crippen LogP contribution >= 0.6 is 0 Å². The maximum absolute atomic E-state index is 5.15. The molecule has 1 fully saturated rings. The van der Waals surface area contributed by atoms with E-state index in [4.69, 9.17) is 6.42 Å². The molecule has 1 nitrogen and oxygen atoms in total. The molecule has 0 aromatic rings. The van der Waals surface area contributed by atoms with Crippen LogP contribution in [-0.4, -0.2) is 13.1 Å². The van der Waals surface area contributed by atoms with Crippen molar-refractivity contribution in [2.45, 2.75) is 32.6 Å². The van der Waals surface area contributed by atoms with Crippen LogP contribution in [0.1, 0.15) is 32.6 Å². The average molecular weight is 165 g/mol. The van der Waals surface area contributed by atoms with Crippen molar-refractivity contribution in [3.8, 4) is 12.3 Å².